The van der Waals surface area contributed by atoms with Gasteiger partial charge in [-0.3, -0.25) is 9.78 Å². The van der Waals surface area contributed by atoms with Gasteiger partial charge in [0.25, 0.3) is 0 Å². The van der Waals surface area contributed by atoms with E-state index in [4.69, 9.17) is 0 Å². The van der Waals surface area contributed by atoms with Gasteiger partial charge in [-0.1, -0.05) is 0 Å². The van der Waals surface area contributed by atoms with Gasteiger partial charge in [0.05, 0.1) is 12.2 Å². The third kappa shape index (κ3) is 4.05. The molecule has 0 amide bonds. The van der Waals surface area contributed by atoms with Crippen LogP contribution >= 0.6 is 0 Å². The van der Waals surface area contributed by atoms with Gasteiger partial charge >= 0.3 is 11.9 Å². The predicted octanol–water partition coefficient (Wildman–Crippen LogP) is 0.306. The van der Waals surface area contributed by atoms with Gasteiger partial charge in [0.1, 0.15) is 6.54 Å². The number of nitrogens with zero attached hydrogens (tertiary/aromatic N) is 1. The van der Waals surface area contributed by atoms with Crippen LogP contribution in [0.1, 0.15) is 17.3 Å². The van der Waals surface area contributed by atoms with E-state index in [2.05, 4.69) is 20.0 Å². The Morgan fingerprint density at radius 3 is 2.94 bits per heavy atom. The smallest absolute Gasteiger partial charge is 0.358 e. The minimum Gasteiger partial charge on any atom is -0.465 e. The van der Waals surface area contributed by atoms with Crippen molar-refractivity contribution in [3.8, 4) is 0 Å². The first-order chi connectivity index (χ1) is 7.74. The molecule has 1 N–H and O–H groups in total. The number of hydrogen-bond acceptors (Lipinski definition) is 6. The molecular weight excluding hydrogens is 212 g/mol. The molecule has 0 saturated heterocycles. The summed E-state index contributed by atoms with van der Waals surface area (Å²) < 4.78 is 4.62. The zero-order valence-corrected chi connectivity index (χ0v) is 8.80. The van der Waals surface area contributed by atoms with Crippen molar-refractivity contribution in [2.45, 2.75) is 6.92 Å². The van der Waals surface area contributed by atoms with Gasteiger partial charge in [0.2, 0.25) is 0 Å². The van der Waals surface area contributed by atoms with E-state index in [1.165, 1.54) is 6.20 Å². The van der Waals surface area contributed by atoms with Crippen LogP contribution in [-0.2, 0) is 14.4 Å². The van der Waals surface area contributed by atoms with Gasteiger partial charge in [-0.15, -0.1) is 5.48 Å². The summed E-state index contributed by atoms with van der Waals surface area (Å²) in [5.41, 5.74) is 2.52. The molecule has 0 aliphatic carbocycles. The molecule has 0 bridgehead atoms. The molecule has 0 unspecified atom stereocenters. The lowest BCUT2D eigenvalue weighted by atomic mass is 10.3. The molecule has 6 nitrogen and oxygen atoms in total. The highest BCUT2D eigenvalue weighted by atomic mass is 16.7. The van der Waals surface area contributed by atoms with Crippen LogP contribution in [0.3, 0.4) is 0 Å². The van der Waals surface area contributed by atoms with Gasteiger partial charge < -0.3 is 9.57 Å². The summed E-state index contributed by atoms with van der Waals surface area (Å²) in [7, 11) is 0. The summed E-state index contributed by atoms with van der Waals surface area (Å²) in [4.78, 5) is 30.6. The number of carbonyl (C=O) groups is 2. The molecule has 1 rings (SSSR count). The minimum atomic E-state index is -0.600. The second kappa shape index (κ2) is 6.52. The van der Waals surface area contributed by atoms with Crippen molar-refractivity contribution >= 4 is 11.9 Å². The molecule has 0 aromatic carbocycles. The Balaban J connectivity index is 2.29. The molecule has 0 atom stereocenters. The maximum Gasteiger partial charge on any atom is 0.358 e. The number of rotatable bonds is 5. The summed E-state index contributed by atoms with van der Waals surface area (Å²) in [5, 5.41) is 0. The number of carbonyl (C=O) groups excluding carboxylic acids is 2. The molecule has 6 heteroatoms. The normalized spacial score (nSPS) is 9.56. The molecule has 86 valence electrons. The van der Waals surface area contributed by atoms with Crippen molar-refractivity contribution in [2.24, 2.45) is 0 Å². The first-order valence-corrected chi connectivity index (χ1v) is 4.73. The van der Waals surface area contributed by atoms with Crippen molar-refractivity contribution in [1.82, 2.24) is 10.5 Å². The third-order valence-corrected chi connectivity index (χ3v) is 1.58. The Hall–Kier alpha value is -1.95. The number of hydrogen-bond donors (Lipinski definition) is 1. The molecular formula is C10H12N2O4. The SMILES string of the molecule is CCOC(=O)CNOC(=O)c1cccnc1. The number of hydroxylamine groups is 1. The van der Waals surface area contributed by atoms with Crippen molar-refractivity contribution < 1.29 is 19.2 Å². The molecule has 0 radical (unpaired) electrons. The molecule has 0 aliphatic rings. The van der Waals surface area contributed by atoms with E-state index in [0.717, 1.165) is 0 Å². The van der Waals surface area contributed by atoms with E-state index in [0.29, 0.717) is 5.56 Å². The zero-order chi connectivity index (χ0) is 11.8. The van der Waals surface area contributed by atoms with Crippen LogP contribution in [0.2, 0.25) is 0 Å². The number of ether oxygens (including phenoxy) is 1. The number of esters is 1. The standard InChI is InChI=1S/C10H12N2O4/c1-2-15-9(13)7-12-16-10(14)8-4-3-5-11-6-8/h3-6,12H,2,7H2,1H3. The fourth-order valence-electron chi connectivity index (χ4n) is 0.915. The van der Waals surface area contributed by atoms with Gasteiger partial charge in [0, 0.05) is 12.4 Å². The van der Waals surface area contributed by atoms with Crippen LogP contribution in [0, 0.1) is 0 Å². The molecule has 0 aliphatic heterocycles. The number of aromatic nitrogens is 1. The Labute approximate surface area is 92.5 Å². The maximum absolute atomic E-state index is 11.3. The quantitative estimate of drug-likeness (QED) is 0.572. The van der Waals surface area contributed by atoms with E-state index in [9.17, 15) is 9.59 Å². The average Bonchev–Trinajstić information content (AvgIpc) is 2.30. The predicted molar refractivity (Wildman–Crippen MR) is 54.3 cm³/mol. The molecule has 0 fully saturated rings. The second-order valence-corrected chi connectivity index (χ2v) is 2.76. The van der Waals surface area contributed by atoms with Gasteiger partial charge in [-0.25, -0.2) is 4.79 Å². The summed E-state index contributed by atoms with van der Waals surface area (Å²) in [6, 6.07) is 3.17. The fraction of sp³-hybridized carbons (Fsp3) is 0.300. The van der Waals surface area contributed by atoms with Gasteiger partial charge in [-0.05, 0) is 19.1 Å². The van der Waals surface area contributed by atoms with Crippen molar-refractivity contribution in [2.75, 3.05) is 13.2 Å². The Bertz CT molecular complexity index is 353. The van der Waals surface area contributed by atoms with Crippen LogP contribution in [-0.4, -0.2) is 30.1 Å². The second-order valence-electron chi connectivity index (χ2n) is 2.76. The zero-order valence-electron chi connectivity index (χ0n) is 8.80. The van der Waals surface area contributed by atoms with E-state index in [-0.39, 0.29) is 13.2 Å². The van der Waals surface area contributed by atoms with Crippen LogP contribution in [0.5, 0.6) is 0 Å². The Morgan fingerprint density at radius 1 is 1.50 bits per heavy atom. The molecule has 0 spiro atoms. The lowest BCUT2D eigenvalue weighted by Gasteiger charge is -2.04. The largest absolute Gasteiger partial charge is 0.465 e. The molecule has 16 heavy (non-hydrogen) atoms. The van der Waals surface area contributed by atoms with Crippen LogP contribution in [0.25, 0.3) is 0 Å². The van der Waals surface area contributed by atoms with Crippen LogP contribution in [0.4, 0.5) is 0 Å². The fourth-order valence-corrected chi connectivity index (χ4v) is 0.915. The first-order valence-electron chi connectivity index (χ1n) is 4.73. The van der Waals surface area contributed by atoms with Crippen LogP contribution < -0.4 is 5.48 Å². The third-order valence-electron chi connectivity index (χ3n) is 1.58. The number of nitrogens with one attached hydrogen (secondary N) is 1. The van der Waals surface area contributed by atoms with Crippen molar-refractivity contribution in [3.05, 3.63) is 30.1 Å². The highest BCUT2D eigenvalue weighted by molar-refractivity contribution is 5.88. The summed E-state index contributed by atoms with van der Waals surface area (Å²) in [6.45, 7) is 1.80. The van der Waals surface area contributed by atoms with E-state index < -0.39 is 11.9 Å². The summed E-state index contributed by atoms with van der Waals surface area (Å²) in [5.74, 6) is -1.08. The molecule has 1 aromatic rings. The molecule has 1 aromatic heterocycles. The monoisotopic (exact) mass is 224 g/mol. The Morgan fingerprint density at radius 2 is 2.31 bits per heavy atom. The lowest BCUT2D eigenvalue weighted by Crippen LogP contribution is -2.27. The van der Waals surface area contributed by atoms with Crippen LogP contribution in [0.15, 0.2) is 24.5 Å². The first kappa shape index (κ1) is 12.1. The van der Waals surface area contributed by atoms with Crippen molar-refractivity contribution in [3.63, 3.8) is 0 Å². The highest BCUT2D eigenvalue weighted by Crippen LogP contribution is 1.96. The maximum atomic E-state index is 11.3. The van der Waals surface area contributed by atoms with Crippen molar-refractivity contribution in [1.29, 1.82) is 0 Å². The van der Waals surface area contributed by atoms with E-state index in [1.54, 1.807) is 25.3 Å². The molecule has 1 heterocycles. The minimum absolute atomic E-state index is 0.181. The topological polar surface area (TPSA) is 77.5 Å². The summed E-state index contributed by atoms with van der Waals surface area (Å²) >= 11 is 0. The lowest BCUT2D eigenvalue weighted by molar-refractivity contribution is -0.143. The Kier molecular flexibility index (Phi) is 4.94. The van der Waals surface area contributed by atoms with E-state index >= 15 is 0 Å². The van der Waals surface area contributed by atoms with Gasteiger partial charge in [-0.2, -0.15) is 0 Å². The number of pyridine rings is 1. The molecule has 0 saturated carbocycles. The average molecular weight is 224 g/mol. The highest BCUT2D eigenvalue weighted by Gasteiger charge is 2.08. The summed E-state index contributed by atoms with van der Waals surface area (Å²) in [6.07, 6.45) is 2.91. The van der Waals surface area contributed by atoms with E-state index in [1.807, 2.05) is 0 Å². The van der Waals surface area contributed by atoms with Gasteiger partial charge in [0.15, 0.2) is 0 Å².